The lowest BCUT2D eigenvalue weighted by atomic mass is 9.97. The van der Waals surface area contributed by atoms with Gasteiger partial charge in [0.2, 0.25) is 0 Å². The smallest absolute Gasteiger partial charge is 0.311 e. The Hall–Kier alpha value is -0.0400. The highest BCUT2D eigenvalue weighted by molar-refractivity contribution is 7.41. The molecule has 0 saturated carbocycles. The Morgan fingerprint density at radius 2 is 1.50 bits per heavy atom. The second kappa shape index (κ2) is 4.33. The number of rotatable bonds is 2. The third-order valence-corrected chi connectivity index (χ3v) is 2.70. The highest BCUT2D eigenvalue weighted by Crippen LogP contribution is 2.53. The zero-order valence-corrected chi connectivity index (χ0v) is 9.37. The van der Waals surface area contributed by atoms with E-state index in [0.717, 1.165) is 0 Å². The van der Waals surface area contributed by atoms with Gasteiger partial charge < -0.3 is 9.05 Å². The van der Waals surface area contributed by atoms with E-state index in [1.807, 2.05) is 0 Å². The largest absolute Gasteiger partial charge is 0.483 e. The molecule has 1 rings (SSSR count). The van der Waals surface area contributed by atoms with E-state index >= 15 is 0 Å². The van der Waals surface area contributed by atoms with Crippen LogP contribution in [0.1, 0.15) is 13.8 Å². The van der Waals surface area contributed by atoms with Gasteiger partial charge in [-0.3, -0.25) is 0 Å². The molecule has 0 atom stereocenters. The maximum Gasteiger partial charge on any atom is 0.483 e. The molecule has 0 amide bonds. The Morgan fingerprint density at radius 3 is 1.88 bits per heavy atom. The van der Waals surface area contributed by atoms with Crippen molar-refractivity contribution in [3.63, 3.8) is 0 Å². The fourth-order valence-electron chi connectivity index (χ4n) is 0.732. The highest BCUT2D eigenvalue weighted by Gasteiger charge is 2.62. The summed E-state index contributed by atoms with van der Waals surface area (Å²) in [4.78, 5) is 0. The van der Waals surface area contributed by atoms with E-state index in [1.54, 1.807) is 13.8 Å². The van der Waals surface area contributed by atoms with Crippen molar-refractivity contribution in [1.29, 1.82) is 0 Å². The van der Waals surface area contributed by atoms with Gasteiger partial charge >= 0.3 is 20.9 Å². The molecule has 0 aliphatic carbocycles. The van der Waals surface area contributed by atoms with Crippen LogP contribution in [0.15, 0.2) is 0 Å². The molecule has 0 N–H and O–H groups in total. The first-order chi connectivity index (χ1) is 7.04. The van der Waals surface area contributed by atoms with Crippen molar-refractivity contribution in [2.45, 2.75) is 26.1 Å². The van der Waals surface area contributed by atoms with Crippen LogP contribution < -0.4 is 0 Å². The van der Waals surface area contributed by atoms with Crippen LogP contribution in [-0.2, 0) is 13.6 Å². The summed E-state index contributed by atoms with van der Waals surface area (Å²) in [5.41, 5.74) is -0.421. The normalized spacial score (nSPS) is 23.4. The molecule has 0 unspecified atom stereocenters. The molecule has 96 valence electrons. The van der Waals surface area contributed by atoms with E-state index in [4.69, 9.17) is 0 Å². The van der Waals surface area contributed by atoms with E-state index in [2.05, 4.69) is 13.6 Å². The van der Waals surface area contributed by atoms with Crippen molar-refractivity contribution in [1.82, 2.24) is 0 Å². The fraction of sp³-hybridized carbons (Fsp3) is 1.00. The quantitative estimate of drug-likeness (QED) is 0.567. The Labute approximate surface area is 89.9 Å². The van der Waals surface area contributed by atoms with Gasteiger partial charge in [-0.25, -0.2) is 4.52 Å². The first kappa shape index (κ1) is 14.0. The predicted octanol–water partition coefficient (Wildman–Crippen LogP) is 3.46. The summed E-state index contributed by atoms with van der Waals surface area (Å²) in [6, 6.07) is 0. The average molecular weight is 268 g/mol. The SMILES string of the molecule is CC1(C)COP(OC(F)(F)C(F)(F)F)OC1. The zero-order valence-electron chi connectivity index (χ0n) is 8.48. The first-order valence-corrected chi connectivity index (χ1v) is 5.33. The molecule has 0 aromatic heterocycles. The second-order valence-corrected chi connectivity index (χ2v) is 5.19. The molecule has 1 saturated heterocycles. The van der Waals surface area contributed by atoms with Crippen molar-refractivity contribution in [3.8, 4) is 0 Å². The third kappa shape index (κ3) is 3.48. The van der Waals surface area contributed by atoms with Crippen LogP contribution >= 0.6 is 8.60 Å². The van der Waals surface area contributed by atoms with Crippen LogP contribution in [0, 0.1) is 5.41 Å². The molecular formula is C7H10F5O3P. The molecule has 0 aromatic carbocycles. The van der Waals surface area contributed by atoms with Crippen LogP contribution in [0.25, 0.3) is 0 Å². The van der Waals surface area contributed by atoms with E-state index in [9.17, 15) is 22.0 Å². The number of alkyl halides is 5. The molecular weight excluding hydrogens is 258 g/mol. The Kier molecular flexibility index (Phi) is 3.79. The summed E-state index contributed by atoms with van der Waals surface area (Å²) >= 11 is 0. The van der Waals surface area contributed by atoms with Crippen molar-refractivity contribution in [2.24, 2.45) is 5.41 Å². The van der Waals surface area contributed by atoms with E-state index < -0.39 is 26.3 Å². The van der Waals surface area contributed by atoms with Crippen LogP contribution in [0.2, 0.25) is 0 Å². The molecule has 16 heavy (non-hydrogen) atoms. The summed E-state index contributed by atoms with van der Waals surface area (Å²) < 4.78 is 73.0. The van der Waals surface area contributed by atoms with Gasteiger partial charge in [0.25, 0.3) is 0 Å². The Bertz CT molecular complexity index is 245. The molecule has 9 heteroatoms. The van der Waals surface area contributed by atoms with Gasteiger partial charge in [0.15, 0.2) is 0 Å². The predicted molar refractivity (Wildman–Crippen MR) is 44.7 cm³/mol. The highest BCUT2D eigenvalue weighted by atomic mass is 31.2. The lowest BCUT2D eigenvalue weighted by Gasteiger charge is -2.34. The third-order valence-electron chi connectivity index (χ3n) is 1.64. The maximum atomic E-state index is 12.4. The van der Waals surface area contributed by atoms with E-state index in [1.165, 1.54) is 0 Å². The Morgan fingerprint density at radius 1 is 1.06 bits per heavy atom. The molecule has 1 heterocycles. The van der Waals surface area contributed by atoms with Gasteiger partial charge in [-0.2, -0.15) is 22.0 Å². The lowest BCUT2D eigenvalue weighted by molar-refractivity contribution is -0.364. The monoisotopic (exact) mass is 268 g/mol. The minimum atomic E-state index is -5.77. The van der Waals surface area contributed by atoms with Crippen LogP contribution in [0.4, 0.5) is 22.0 Å². The molecule has 0 aromatic rings. The van der Waals surface area contributed by atoms with Crippen LogP contribution in [0.5, 0.6) is 0 Å². The van der Waals surface area contributed by atoms with Crippen molar-refractivity contribution < 1.29 is 35.5 Å². The van der Waals surface area contributed by atoms with Gasteiger partial charge in [0.1, 0.15) is 0 Å². The molecule has 3 nitrogen and oxygen atoms in total. The van der Waals surface area contributed by atoms with Gasteiger partial charge in [0, 0.05) is 5.41 Å². The second-order valence-electron chi connectivity index (χ2n) is 4.04. The van der Waals surface area contributed by atoms with Crippen molar-refractivity contribution in [3.05, 3.63) is 0 Å². The van der Waals surface area contributed by atoms with E-state index in [-0.39, 0.29) is 13.2 Å². The standard InChI is InChI=1S/C7H10F5O3P/c1-5(2)3-13-16(14-4-5)15-7(11,12)6(8,9)10/h3-4H2,1-2H3. The van der Waals surface area contributed by atoms with Gasteiger partial charge in [-0.1, -0.05) is 13.8 Å². The molecule has 0 spiro atoms. The topological polar surface area (TPSA) is 27.7 Å². The molecule has 1 aliphatic heterocycles. The number of halogens is 5. The molecule has 1 fully saturated rings. The van der Waals surface area contributed by atoms with E-state index in [0.29, 0.717) is 0 Å². The summed E-state index contributed by atoms with van der Waals surface area (Å²) in [6.07, 6.45) is -11.0. The average Bonchev–Trinajstić information content (AvgIpc) is 2.06. The van der Waals surface area contributed by atoms with Gasteiger partial charge in [-0.05, 0) is 0 Å². The summed E-state index contributed by atoms with van der Waals surface area (Å²) in [6.45, 7) is 3.46. The number of hydrogen-bond donors (Lipinski definition) is 0. The van der Waals surface area contributed by atoms with Crippen molar-refractivity contribution in [2.75, 3.05) is 13.2 Å². The first-order valence-electron chi connectivity index (χ1n) is 4.23. The minimum absolute atomic E-state index is 0.00659. The van der Waals surface area contributed by atoms with Crippen LogP contribution in [-0.4, -0.2) is 25.5 Å². The molecule has 0 radical (unpaired) electrons. The minimum Gasteiger partial charge on any atom is -0.311 e. The van der Waals surface area contributed by atoms with Crippen molar-refractivity contribution >= 4 is 8.60 Å². The lowest BCUT2D eigenvalue weighted by Crippen LogP contribution is -2.39. The fourth-order valence-corrected chi connectivity index (χ4v) is 2.11. The Balaban J connectivity index is 2.51. The zero-order chi connectivity index (χ0) is 12.6. The summed E-state index contributed by atoms with van der Waals surface area (Å²) in [5.74, 6) is 0. The molecule has 1 aliphatic rings. The van der Waals surface area contributed by atoms with Crippen LogP contribution in [0.3, 0.4) is 0 Å². The van der Waals surface area contributed by atoms with Gasteiger partial charge in [0.05, 0.1) is 13.2 Å². The van der Waals surface area contributed by atoms with Gasteiger partial charge in [-0.15, -0.1) is 0 Å². The summed E-state index contributed by atoms with van der Waals surface area (Å²) in [7, 11) is -2.65. The number of hydrogen-bond acceptors (Lipinski definition) is 3. The summed E-state index contributed by atoms with van der Waals surface area (Å²) in [5, 5.41) is 0. The molecule has 0 bridgehead atoms. The maximum absolute atomic E-state index is 12.4.